The molecule has 0 aliphatic carbocycles. The zero-order valence-electron chi connectivity index (χ0n) is 6.36. The molecule has 0 amide bonds. The van der Waals surface area contributed by atoms with Crippen molar-refractivity contribution in [3.05, 3.63) is 36.4 Å². The fraction of sp³-hybridized carbons (Fsp3) is 0. The van der Waals surface area contributed by atoms with Gasteiger partial charge in [0.25, 0.3) is 0 Å². The molecule has 0 heterocycles. The molecule has 0 aliphatic rings. The Balaban J connectivity index is 0. The summed E-state index contributed by atoms with van der Waals surface area (Å²) in [4.78, 5) is 4.00. The number of benzene rings is 1. The van der Waals surface area contributed by atoms with Gasteiger partial charge in [-0.2, -0.15) is 0 Å². The average Bonchev–Trinajstić information content (AvgIpc) is 2.10. The highest BCUT2D eigenvalue weighted by atomic mass is 15.0. The molecule has 12 heavy (non-hydrogen) atoms. The van der Waals surface area contributed by atoms with Crippen molar-refractivity contribution in [2.75, 3.05) is 0 Å². The van der Waals surface area contributed by atoms with Crippen LogP contribution in [-0.4, -0.2) is 0 Å². The van der Waals surface area contributed by atoms with Crippen LogP contribution >= 0.6 is 0 Å². The van der Waals surface area contributed by atoms with Crippen LogP contribution in [0, 0.1) is 22.1 Å². The molecule has 0 fully saturated rings. The van der Waals surface area contributed by atoms with Gasteiger partial charge in [-0.15, -0.1) is 0 Å². The predicted octanol–water partition coefficient (Wildman–Crippen LogP) is 1.92. The summed E-state index contributed by atoms with van der Waals surface area (Å²) >= 11 is 0. The number of nitrogens with one attached hydrogen (secondary N) is 4. The quantitative estimate of drug-likeness (QED) is 0.332. The molecule has 0 saturated heterocycles. The molecule has 1 aromatic rings. The lowest BCUT2D eigenvalue weighted by Crippen LogP contribution is -1.47. The summed E-state index contributed by atoms with van der Waals surface area (Å²) in [7, 11) is 0. The van der Waals surface area contributed by atoms with Gasteiger partial charge in [0.1, 0.15) is 22.1 Å². The van der Waals surface area contributed by atoms with Crippen molar-refractivity contribution in [3.8, 4) is 0 Å². The lowest BCUT2D eigenvalue weighted by Gasteiger charge is -1.69. The van der Waals surface area contributed by atoms with E-state index in [1.807, 2.05) is 46.2 Å². The van der Waals surface area contributed by atoms with E-state index in [0.29, 0.717) is 0 Å². The van der Waals surface area contributed by atoms with Crippen LogP contribution in [0.3, 0.4) is 0 Å². The molecular formula is C6H10N6+2. The molecule has 0 aromatic heterocycles. The highest BCUT2D eigenvalue weighted by molar-refractivity contribution is 4.99. The maximum atomic E-state index is 5.50. The van der Waals surface area contributed by atoms with Crippen LogP contribution in [0.5, 0.6) is 0 Å². The molecule has 0 spiro atoms. The van der Waals surface area contributed by atoms with E-state index in [9.17, 15) is 0 Å². The second-order valence-corrected chi connectivity index (χ2v) is 1.38. The Morgan fingerprint density at radius 2 is 0.583 bits per heavy atom. The molecule has 0 radical (unpaired) electrons. The smallest absolute Gasteiger partial charge is 0.0623 e. The maximum absolute atomic E-state index is 5.50. The molecular weight excluding hydrogens is 156 g/mol. The normalized spacial score (nSPS) is 5.33. The third-order valence-electron chi connectivity index (χ3n) is 0.667. The molecule has 62 valence electrons. The van der Waals surface area contributed by atoms with Crippen LogP contribution in [0.25, 0.3) is 0 Å². The third kappa shape index (κ3) is 24.9. The molecule has 0 aliphatic heterocycles. The standard InChI is InChI=1S/C6H6.2H2N3/c1-2-4-6-5-3-1;2*1-3-2/h1-6H;2*1-2H/q;2*+1. The van der Waals surface area contributed by atoms with E-state index in [1.165, 1.54) is 0 Å². The second kappa shape index (κ2) is 15.9. The topological polar surface area (TPSA) is 124 Å². The molecule has 0 unspecified atom stereocenters. The first-order valence-corrected chi connectivity index (χ1v) is 2.89. The van der Waals surface area contributed by atoms with E-state index in [1.54, 1.807) is 0 Å². The predicted molar refractivity (Wildman–Crippen MR) is 41.6 cm³/mol. The zero-order valence-corrected chi connectivity index (χ0v) is 6.36. The van der Waals surface area contributed by atoms with E-state index in [-0.39, 0.29) is 0 Å². The van der Waals surface area contributed by atoms with Gasteiger partial charge >= 0.3 is 0 Å². The summed E-state index contributed by atoms with van der Waals surface area (Å²) in [5, 5.41) is 0. The van der Waals surface area contributed by atoms with Gasteiger partial charge in [-0.3, -0.25) is 0 Å². The molecule has 6 heteroatoms. The monoisotopic (exact) mass is 166 g/mol. The first kappa shape index (κ1) is 12.5. The Labute approximate surface area is 69.3 Å². The van der Waals surface area contributed by atoms with Crippen LogP contribution < -0.4 is 9.82 Å². The lowest BCUT2D eigenvalue weighted by atomic mass is 10.4. The van der Waals surface area contributed by atoms with Crippen LogP contribution in [0.1, 0.15) is 0 Å². The van der Waals surface area contributed by atoms with E-state index < -0.39 is 0 Å². The number of nitrogens with zero attached hydrogens (tertiary/aromatic N) is 2. The summed E-state index contributed by atoms with van der Waals surface area (Å²) in [5.74, 6) is 0. The van der Waals surface area contributed by atoms with Gasteiger partial charge in [0.2, 0.25) is 9.82 Å². The van der Waals surface area contributed by atoms with E-state index in [2.05, 4.69) is 0 Å². The summed E-state index contributed by atoms with van der Waals surface area (Å²) in [6.45, 7) is 0. The Hall–Kier alpha value is -2.16. The van der Waals surface area contributed by atoms with E-state index >= 15 is 0 Å². The van der Waals surface area contributed by atoms with Crippen molar-refractivity contribution in [3.63, 3.8) is 0 Å². The first-order chi connectivity index (χ1) is 5.83. The number of hydrogen-bond acceptors (Lipinski definition) is 4. The molecule has 1 aromatic carbocycles. The minimum absolute atomic E-state index is 2.00. The van der Waals surface area contributed by atoms with Gasteiger partial charge in [0.05, 0.1) is 0 Å². The second-order valence-electron chi connectivity index (χ2n) is 1.38. The van der Waals surface area contributed by atoms with E-state index in [0.717, 1.165) is 0 Å². The van der Waals surface area contributed by atoms with Crippen LogP contribution in [-0.2, 0) is 0 Å². The third-order valence-corrected chi connectivity index (χ3v) is 0.667. The van der Waals surface area contributed by atoms with Crippen LogP contribution in [0.15, 0.2) is 36.4 Å². The van der Waals surface area contributed by atoms with Crippen molar-refractivity contribution in [1.29, 1.82) is 22.1 Å². The fourth-order valence-electron chi connectivity index (χ4n) is 0.385. The highest BCUT2D eigenvalue weighted by Gasteiger charge is 1.57. The molecule has 0 bridgehead atoms. The summed E-state index contributed by atoms with van der Waals surface area (Å²) in [5.41, 5.74) is 22.0. The molecule has 1 rings (SSSR count). The van der Waals surface area contributed by atoms with Gasteiger partial charge in [-0.05, 0) is 0 Å². The number of rotatable bonds is 0. The van der Waals surface area contributed by atoms with Crippen molar-refractivity contribution < 1.29 is 0 Å². The van der Waals surface area contributed by atoms with Crippen LogP contribution in [0.2, 0.25) is 0 Å². The summed E-state index contributed by atoms with van der Waals surface area (Å²) in [6, 6.07) is 12.0. The van der Waals surface area contributed by atoms with Gasteiger partial charge in [-0.25, -0.2) is 0 Å². The van der Waals surface area contributed by atoms with Crippen LogP contribution in [0.4, 0.5) is 0 Å². The highest BCUT2D eigenvalue weighted by Crippen LogP contribution is 1.79. The summed E-state index contributed by atoms with van der Waals surface area (Å²) in [6.07, 6.45) is 0. The zero-order chi connectivity index (χ0) is 9.66. The van der Waals surface area contributed by atoms with Gasteiger partial charge in [0, 0.05) is 0 Å². The first-order valence-electron chi connectivity index (χ1n) is 2.89. The minimum atomic E-state index is 2.00. The number of hydrogen-bond donors (Lipinski definition) is 4. The van der Waals surface area contributed by atoms with Crippen molar-refractivity contribution >= 4 is 0 Å². The minimum Gasteiger partial charge on any atom is -0.0623 e. The Kier molecular flexibility index (Phi) is 16.6. The van der Waals surface area contributed by atoms with E-state index in [4.69, 9.17) is 22.1 Å². The van der Waals surface area contributed by atoms with Gasteiger partial charge < -0.3 is 0 Å². The maximum Gasteiger partial charge on any atom is 0.211 e. The van der Waals surface area contributed by atoms with Gasteiger partial charge in [-0.1, -0.05) is 36.4 Å². The fourth-order valence-corrected chi connectivity index (χ4v) is 0.385. The average molecular weight is 166 g/mol. The lowest BCUT2D eigenvalue weighted by molar-refractivity contribution is 0.928. The molecule has 0 saturated carbocycles. The molecule has 6 nitrogen and oxygen atoms in total. The largest absolute Gasteiger partial charge is 0.211 e. The Morgan fingerprint density at radius 1 is 0.500 bits per heavy atom. The van der Waals surface area contributed by atoms with Crippen molar-refractivity contribution in [1.82, 2.24) is 9.82 Å². The Bertz CT molecular complexity index is 193. The SMILES string of the molecule is N=[N+]=N.N=[N+]=N.c1ccccc1. The van der Waals surface area contributed by atoms with Crippen molar-refractivity contribution in [2.45, 2.75) is 0 Å². The molecule has 0 atom stereocenters. The van der Waals surface area contributed by atoms with Gasteiger partial charge in [0.15, 0.2) is 0 Å². The Morgan fingerprint density at radius 3 is 0.667 bits per heavy atom. The summed E-state index contributed by atoms with van der Waals surface area (Å²) < 4.78 is 0. The molecule has 4 N–H and O–H groups in total. The van der Waals surface area contributed by atoms with Crippen molar-refractivity contribution in [2.24, 2.45) is 0 Å².